The molecule has 1 N–H and O–H groups in total. The standard InChI is InChI=1S/C30H34FN3O2/c1-23-12-11-13-24(22-23)36-21-10-9-20-34-28-17-7-6-16-27(28)33-29(34)18-3-2-8-19-32-30(35)25-14-4-5-15-26(25)31/h4-7,11-17,22H,2-3,8-10,18-21H2,1H3,(H,32,35). The molecular weight excluding hydrogens is 453 g/mol. The summed E-state index contributed by atoms with van der Waals surface area (Å²) in [6, 6.07) is 22.5. The summed E-state index contributed by atoms with van der Waals surface area (Å²) in [6.07, 6.45) is 5.66. The smallest absolute Gasteiger partial charge is 0.254 e. The monoisotopic (exact) mass is 487 g/mol. The highest BCUT2D eigenvalue weighted by atomic mass is 19.1. The number of halogens is 1. The van der Waals surface area contributed by atoms with Gasteiger partial charge in [-0.25, -0.2) is 9.37 Å². The first-order chi connectivity index (χ1) is 17.6. The van der Waals surface area contributed by atoms with Crippen LogP contribution in [0.15, 0.2) is 72.8 Å². The molecule has 36 heavy (non-hydrogen) atoms. The zero-order chi connectivity index (χ0) is 25.2. The maximum absolute atomic E-state index is 13.7. The molecule has 0 radical (unpaired) electrons. The van der Waals surface area contributed by atoms with Crippen molar-refractivity contribution in [1.29, 1.82) is 0 Å². The molecule has 0 aliphatic carbocycles. The molecule has 1 aromatic heterocycles. The first-order valence-electron chi connectivity index (χ1n) is 12.8. The third kappa shape index (κ3) is 6.94. The number of imidazole rings is 1. The second-order valence-electron chi connectivity index (χ2n) is 9.09. The van der Waals surface area contributed by atoms with Crippen LogP contribution in [0.5, 0.6) is 5.75 Å². The number of fused-ring (bicyclic) bond motifs is 1. The van der Waals surface area contributed by atoms with Gasteiger partial charge in [0.2, 0.25) is 0 Å². The summed E-state index contributed by atoms with van der Waals surface area (Å²) >= 11 is 0. The molecule has 0 saturated heterocycles. The fraction of sp³-hybridized carbons (Fsp3) is 0.333. The number of benzene rings is 3. The van der Waals surface area contributed by atoms with Gasteiger partial charge in [0, 0.05) is 19.5 Å². The Hall–Kier alpha value is -3.67. The zero-order valence-corrected chi connectivity index (χ0v) is 20.9. The molecule has 0 fully saturated rings. The van der Waals surface area contributed by atoms with Crippen molar-refractivity contribution < 1.29 is 13.9 Å². The highest BCUT2D eigenvalue weighted by Gasteiger charge is 2.11. The van der Waals surface area contributed by atoms with Crippen LogP contribution in [-0.4, -0.2) is 28.6 Å². The van der Waals surface area contributed by atoms with Crippen LogP contribution < -0.4 is 10.1 Å². The molecule has 0 bridgehead atoms. The van der Waals surface area contributed by atoms with Gasteiger partial charge in [-0.3, -0.25) is 4.79 Å². The highest BCUT2D eigenvalue weighted by Crippen LogP contribution is 2.19. The van der Waals surface area contributed by atoms with E-state index >= 15 is 0 Å². The van der Waals surface area contributed by atoms with E-state index in [-0.39, 0.29) is 11.5 Å². The predicted molar refractivity (Wildman–Crippen MR) is 142 cm³/mol. The van der Waals surface area contributed by atoms with E-state index in [0.717, 1.165) is 62.2 Å². The molecule has 3 aromatic carbocycles. The number of hydrogen-bond donors (Lipinski definition) is 1. The molecule has 0 saturated carbocycles. The van der Waals surface area contributed by atoms with E-state index in [1.807, 2.05) is 18.2 Å². The second kappa shape index (κ2) is 12.9. The number of unbranched alkanes of at least 4 members (excludes halogenated alkanes) is 3. The lowest BCUT2D eigenvalue weighted by Gasteiger charge is -2.11. The first kappa shape index (κ1) is 25.4. The number of aromatic nitrogens is 2. The molecule has 0 unspecified atom stereocenters. The van der Waals surface area contributed by atoms with Crippen molar-refractivity contribution in [3.63, 3.8) is 0 Å². The number of amides is 1. The summed E-state index contributed by atoms with van der Waals surface area (Å²) in [6.45, 7) is 4.21. The Morgan fingerprint density at radius 3 is 2.64 bits per heavy atom. The number of nitrogens with zero attached hydrogens (tertiary/aromatic N) is 2. The van der Waals surface area contributed by atoms with Crippen molar-refractivity contribution in [1.82, 2.24) is 14.9 Å². The maximum atomic E-state index is 13.7. The summed E-state index contributed by atoms with van der Waals surface area (Å²) in [5.74, 6) is 1.18. The Balaban J connectivity index is 1.22. The van der Waals surface area contributed by atoms with Crippen molar-refractivity contribution >= 4 is 16.9 Å². The summed E-state index contributed by atoms with van der Waals surface area (Å²) < 4.78 is 22.0. The van der Waals surface area contributed by atoms with Crippen molar-refractivity contribution in [2.24, 2.45) is 0 Å². The number of carbonyl (C=O) groups excluding carboxylic acids is 1. The van der Waals surface area contributed by atoms with Gasteiger partial charge in [0.1, 0.15) is 17.4 Å². The quantitative estimate of drug-likeness (QED) is 0.219. The van der Waals surface area contributed by atoms with E-state index in [0.29, 0.717) is 13.2 Å². The number of hydrogen-bond acceptors (Lipinski definition) is 3. The highest BCUT2D eigenvalue weighted by molar-refractivity contribution is 5.94. The summed E-state index contributed by atoms with van der Waals surface area (Å²) in [5, 5.41) is 2.81. The molecule has 0 aliphatic rings. The van der Waals surface area contributed by atoms with Crippen molar-refractivity contribution in [2.75, 3.05) is 13.2 Å². The fourth-order valence-corrected chi connectivity index (χ4v) is 4.36. The number of nitrogens with one attached hydrogen (secondary N) is 1. The van der Waals surface area contributed by atoms with Gasteiger partial charge >= 0.3 is 0 Å². The van der Waals surface area contributed by atoms with Crippen molar-refractivity contribution in [2.45, 2.75) is 52.0 Å². The Kier molecular flexibility index (Phi) is 9.09. The Labute approximate surface area is 212 Å². The van der Waals surface area contributed by atoms with Crippen LogP contribution in [0, 0.1) is 12.7 Å². The summed E-state index contributed by atoms with van der Waals surface area (Å²) in [7, 11) is 0. The molecular formula is C30H34FN3O2. The third-order valence-electron chi connectivity index (χ3n) is 6.25. The lowest BCUT2D eigenvalue weighted by molar-refractivity contribution is 0.0949. The van der Waals surface area contributed by atoms with E-state index in [4.69, 9.17) is 9.72 Å². The van der Waals surface area contributed by atoms with Crippen LogP contribution >= 0.6 is 0 Å². The predicted octanol–water partition coefficient (Wildman–Crippen LogP) is 6.49. The van der Waals surface area contributed by atoms with Crippen LogP contribution in [0.1, 0.15) is 53.8 Å². The van der Waals surface area contributed by atoms with Gasteiger partial charge in [-0.05, 0) is 74.6 Å². The van der Waals surface area contributed by atoms with Gasteiger partial charge in [-0.1, -0.05) is 42.8 Å². The first-order valence-corrected chi connectivity index (χ1v) is 12.8. The molecule has 0 atom stereocenters. The van der Waals surface area contributed by atoms with Crippen LogP contribution in [0.4, 0.5) is 4.39 Å². The molecule has 1 heterocycles. The SMILES string of the molecule is Cc1cccc(OCCCCn2c(CCCCCNC(=O)c3ccccc3F)nc3ccccc32)c1. The number of ether oxygens (including phenoxy) is 1. The summed E-state index contributed by atoms with van der Waals surface area (Å²) in [4.78, 5) is 17.0. The van der Waals surface area contributed by atoms with E-state index in [1.165, 1.54) is 23.2 Å². The molecule has 6 heteroatoms. The normalized spacial score (nSPS) is 11.1. The zero-order valence-electron chi connectivity index (χ0n) is 20.9. The average Bonchev–Trinajstić information content (AvgIpc) is 3.23. The van der Waals surface area contributed by atoms with Gasteiger partial charge in [-0.15, -0.1) is 0 Å². The average molecular weight is 488 g/mol. The van der Waals surface area contributed by atoms with Crippen LogP contribution in [0.3, 0.4) is 0 Å². The molecule has 4 rings (SSSR count). The molecule has 4 aromatic rings. The Morgan fingerprint density at radius 1 is 0.944 bits per heavy atom. The number of aryl methyl sites for hydroxylation is 3. The molecule has 0 spiro atoms. The lowest BCUT2D eigenvalue weighted by Crippen LogP contribution is -2.25. The van der Waals surface area contributed by atoms with Gasteiger partial charge in [-0.2, -0.15) is 0 Å². The van der Waals surface area contributed by atoms with E-state index in [2.05, 4.69) is 47.1 Å². The molecule has 188 valence electrons. The van der Waals surface area contributed by atoms with Gasteiger partial charge < -0.3 is 14.6 Å². The number of para-hydroxylation sites is 2. The Bertz CT molecular complexity index is 1280. The fourth-order valence-electron chi connectivity index (χ4n) is 4.36. The maximum Gasteiger partial charge on any atom is 0.254 e. The van der Waals surface area contributed by atoms with Crippen LogP contribution in [0.2, 0.25) is 0 Å². The lowest BCUT2D eigenvalue weighted by atomic mass is 10.1. The van der Waals surface area contributed by atoms with Gasteiger partial charge in [0.05, 0.1) is 23.2 Å². The van der Waals surface area contributed by atoms with Gasteiger partial charge in [0.15, 0.2) is 0 Å². The Morgan fingerprint density at radius 2 is 1.78 bits per heavy atom. The number of carbonyl (C=O) groups is 1. The second-order valence-corrected chi connectivity index (χ2v) is 9.09. The van der Waals surface area contributed by atoms with E-state index in [9.17, 15) is 9.18 Å². The molecule has 5 nitrogen and oxygen atoms in total. The largest absolute Gasteiger partial charge is 0.494 e. The molecule has 1 amide bonds. The minimum absolute atomic E-state index is 0.0931. The summed E-state index contributed by atoms with van der Waals surface area (Å²) in [5.41, 5.74) is 3.50. The van der Waals surface area contributed by atoms with Gasteiger partial charge in [0.25, 0.3) is 5.91 Å². The van der Waals surface area contributed by atoms with Crippen molar-refractivity contribution in [3.05, 3.63) is 95.6 Å². The van der Waals surface area contributed by atoms with Crippen LogP contribution in [-0.2, 0) is 13.0 Å². The number of rotatable bonds is 13. The molecule has 0 aliphatic heterocycles. The van der Waals surface area contributed by atoms with Crippen molar-refractivity contribution in [3.8, 4) is 5.75 Å². The van der Waals surface area contributed by atoms with E-state index < -0.39 is 5.82 Å². The topological polar surface area (TPSA) is 56.1 Å². The third-order valence-corrected chi connectivity index (χ3v) is 6.25. The minimum Gasteiger partial charge on any atom is -0.494 e. The van der Waals surface area contributed by atoms with Crippen LogP contribution in [0.25, 0.3) is 11.0 Å². The minimum atomic E-state index is -0.490. The van der Waals surface area contributed by atoms with E-state index in [1.54, 1.807) is 12.1 Å².